The number of hydrogen-bond donors (Lipinski definition) is 2. The number of nitrogens with two attached hydrogens (primary N) is 1. The predicted molar refractivity (Wildman–Crippen MR) is 81.4 cm³/mol. The maximum Gasteiger partial charge on any atom is 0.244 e. The first kappa shape index (κ1) is 15.5. The van der Waals surface area contributed by atoms with Crippen molar-refractivity contribution in [3.8, 4) is 0 Å². The second kappa shape index (κ2) is 6.72. The molecule has 1 unspecified atom stereocenters. The van der Waals surface area contributed by atoms with E-state index in [-0.39, 0.29) is 11.8 Å². The minimum absolute atomic E-state index is 0.193. The molecule has 114 valence electrons. The summed E-state index contributed by atoms with van der Waals surface area (Å²) in [6, 6.07) is 9.33. The fourth-order valence-electron chi connectivity index (χ4n) is 2.51. The molecule has 1 saturated heterocycles. The first-order chi connectivity index (χ1) is 10.0. The summed E-state index contributed by atoms with van der Waals surface area (Å²) >= 11 is 0. The van der Waals surface area contributed by atoms with Crippen LogP contribution in [0.3, 0.4) is 0 Å². The van der Waals surface area contributed by atoms with Crippen LogP contribution in [0.1, 0.15) is 31.7 Å². The molecule has 2 amide bonds. The highest BCUT2D eigenvalue weighted by Gasteiger charge is 2.29. The quantitative estimate of drug-likeness (QED) is 0.767. The smallest absolute Gasteiger partial charge is 0.244 e. The fraction of sp³-hybridized carbons (Fsp3) is 0.500. The summed E-state index contributed by atoms with van der Waals surface area (Å²) in [4.78, 5) is 25.5. The van der Waals surface area contributed by atoms with Crippen LogP contribution in [-0.2, 0) is 15.1 Å². The number of benzene rings is 1. The van der Waals surface area contributed by atoms with E-state index >= 15 is 0 Å². The van der Waals surface area contributed by atoms with E-state index in [1.807, 2.05) is 35.2 Å². The molecule has 0 saturated carbocycles. The molecule has 1 aliphatic rings. The van der Waals surface area contributed by atoms with E-state index in [9.17, 15) is 9.59 Å². The highest BCUT2D eigenvalue weighted by atomic mass is 16.2. The molecule has 3 N–H and O–H groups in total. The third-order valence-electron chi connectivity index (χ3n) is 3.91. The van der Waals surface area contributed by atoms with Gasteiger partial charge in [-0.1, -0.05) is 30.3 Å². The maximum absolute atomic E-state index is 12.2. The number of amides is 2. The number of nitrogens with one attached hydrogen (secondary N) is 1. The monoisotopic (exact) mass is 289 g/mol. The lowest BCUT2D eigenvalue weighted by molar-refractivity contribution is -0.127. The number of hydrogen-bond acceptors (Lipinski definition) is 3. The molecule has 1 aliphatic heterocycles. The van der Waals surface area contributed by atoms with Crippen molar-refractivity contribution in [1.29, 1.82) is 0 Å². The van der Waals surface area contributed by atoms with Crippen molar-refractivity contribution in [3.05, 3.63) is 35.9 Å². The summed E-state index contributed by atoms with van der Waals surface area (Å²) < 4.78 is 0. The SMILES string of the molecule is CC(N)(C(=O)NCCCN1CCCC1=O)c1ccccc1. The normalized spacial score (nSPS) is 17.6. The van der Waals surface area contributed by atoms with Crippen LogP contribution in [0.25, 0.3) is 0 Å². The van der Waals surface area contributed by atoms with Crippen molar-refractivity contribution in [1.82, 2.24) is 10.2 Å². The van der Waals surface area contributed by atoms with Crippen LogP contribution in [0.4, 0.5) is 0 Å². The number of carbonyl (C=O) groups excluding carboxylic acids is 2. The Morgan fingerprint density at radius 2 is 2.10 bits per heavy atom. The second-order valence-corrected chi connectivity index (χ2v) is 5.66. The molecule has 0 spiro atoms. The molecule has 5 nitrogen and oxygen atoms in total. The first-order valence-corrected chi connectivity index (χ1v) is 7.42. The van der Waals surface area contributed by atoms with Crippen molar-refractivity contribution in [2.75, 3.05) is 19.6 Å². The van der Waals surface area contributed by atoms with Gasteiger partial charge in [0.2, 0.25) is 11.8 Å². The van der Waals surface area contributed by atoms with Crippen molar-refractivity contribution >= 4 is 11.8 Å². The van der Waals surface area contributed by atoms with Gasteiger partial charge in [0.1, 0.15) is 5.54 Å². The Bertz CT molecular complexity index is 500. The topological polar surface area (TPSA) is 75.4 Å². The zero-order chi connectivity index (χ0) is 15.3. The molecule has 1 atom stereocenters. The Balaban J connectivity index is 1.77. The molecular weight excluding hydrogens is 266 g/mol. The van der Waals surface area contributed by atoms with Crippen molar-refractivity contribution in [2.45, 2.75) is 31.7 Å². The van der Waals surface area contributed by atoms with Crippen LogP contribution in [0.15, 0.2) is 30.3 Å². The molecule has 2 rings (SSSR count). The van der Waals surface area contributed by atoms with Gasteiger partial charge in [-0.2, -0.15) is 0 Å². The summed E-state index contributed by atoms with van der Waals surface area (Å²) in [6.45, 7) is 3.78. The fourth-order valence-corrected chi connectivity index (χ4v) is 2.51. The highest BCUT2D eigenvalue weighted by Crippen LogP contribution is 2.17. The van der Waals surface area contributed by atoms with E-state index in [0.717, 1.165) is 24.9 Å². The zero-order valence-corrected chi connectivity index (χ0v) is 12.5. The molecule has 0 aromatic heterocycles. The van der Waals surface area contributed by atoms with E-state index in [2.05, 4.69) is 5.32 Å². The number of nitrogens with zero attached hydrogens (tertiary/aromatic N) is 1. The Labute approximate surface area is 125 Å². The summed E-state index contributed by atoms with van der Waals surface area (Å²) in [5.41, 5.74) is 5.88. The van der Waals surface area contributed by atoms with E-state index in [1.165, 1.54) is 0 Å². The Kier molecular flexibility index (Phi) is 4.96. The van der Waals surface area contributed by atoms with Crippen LogP contribution in [0.5, 0.6) is 0 Å². The van der Waals surface area contributed by atoms with Crippen LogP contribution in [0.2, 0.25) is 0 Å². The third-order valence-corrected chi connectivity index (χ3v) is 3.91. The standard InChI is InChI=1S/C16H23N3O2/c1-16(17,13-7-3-2-4-8-13)15(21)18-10-6-12-19-11-5-9-14(19)20/h2-4,7-8H,5-6,9-12,17H2,1H3,(H,18,21). The minimum Gasteiger partial charge on any atom is -0.354 e. The first-order valence-electron chi connectivity index (χ1n) is 7.42. The Hall–Kier alpha value is -1.88. The van der Waals surface area contributed by atoms with Crippen LogP contribution >= 0.6 is 0 Å². The lowest BCUT2D eigenvalue weighted by Crippen LogP contribution is -2.49. The molecule has 1 heterocycles. The van der Waals surface area contributed by atoms with Gasteiger partial charge >= 0.3 is 0 Å². The molecule has 1 fully saturated rings. The molecule has 1 aromatic carbocycles. The molecular formula is C16H23N3O2. The summed E-state index contributed by atoms with van der Waals surface area (Å²) in [6.07, 6.45) is 2.35. The molecule has 0 radical (unpaired) electrons. The molecule has 0 aliphatic carbocycles. The Morgan fingerprint density at radius 1 is 1.38 bits per heavy atom. The second-order valence-electron chi connectivity index (χ2n) is 5.66. The molecule has 1 aromatic rings. The zero-order valence-electron chi connectivity index (χ0n) is 12.5. The Morgan fingerprint density at radius 3 is 2.71 bits per heavy atom. The average molecular weight is 289 g/mol. The summed E-state index contributed by atoms with van der Waals surface area (Å²) in [7, 11) is 0. The average Bonchev–Trinajstić information content (AvgIpc) is 2.89. The number of likely N-dealkylation sites (tertiary alicyclic amines) is 1. The van der Waals surface area contributed by atoms with Crippen LogP contribution < -0.4 is 11.1 Å². The van der Waals surface area contributed by atoms with Gasteiger partial charge in [-0.05, 0) is 25.3 Å². The van der Waals surface area contributed by atoms with Gasteiger partial charge in [0.05, 0.1) is 0 Å². The van der Waals surface area contributed by atoms with Gasteiger partial charge < -0.3 is 16.0 Å². The van der Waals surface area contributed by atoms with Gasteiger partial charge in [-0.15, -0.1) is 0 Å². The number of rotatable bonds is 6. The van der Waals surface area contributed by atoms with E-state index in [4.69, 9.17) is 5.73 Å². The van der Waals surface area contributed by atoms with Crippen LogP contribution in [0, 0.1) is 0 Å². The minimum atomic E-state index is -1.04. The lowest BCUT2D eigenvalue weighted by atomic mass is 9.92. The maximum atomic E-state index is 12.2. The lowest BCUT2D eigenvalue weighted by Gasteiger charge is -2.24. The van der Waals surface area contributed by atoms with E-state index < -0.39 is 5.54 Å². The summed E-state index contributed by atoms with van der Waals surface area (Å²) in [5, 5.41) is 2.86. The summed E-state index contributed by atoms with van der Waals surface area (Å²) in [5.74, 6) is 0.0238. The van der Waals surface area contributed by atoms with Crippen molar-refractivity contribution < 1.29 is 9.59 Å². The predicted octanol–water partition coefficient (Wildman–Crippen LogP) is 0.989. The van der Waals surface area contributed by atoms with Gasteiger partial charge in [-0.25, -0.2) is 0 Å². The van der Waals surface area contributed by atoms with Crippen molar-refractivity contribution in [3.63, 3.8) is 0 Å². The highest BCUT2D eigenvalue weighted by molar-refractivity contribution is 5.86. The van der Waals surface area contributed by atoms with Gasteiger partial charge in [0, 0.05) is 26.1 Å². The van der Waals surface area contributed by atoms with Crippen molar-refractivity contribution in [2.24, 2.45) is 5.73 Å². The van der Waals surface area contributed by atoms with Gasteiger partial charge in [0.25, 0.3) is 0 Å². The van der Waals surface area contributed by atoms with E-state index in [1.54, 1.807) is 6.92 Å². The van der Waals surface area contributed by atoms with Gasteiger partial charge in [-0.3, -0.25) is 9.59 Å². The van der Waals surface area contributed by atoms with E-state index in [0.29, 0.717) is 19.5 Å². The third kappa shape index (κ3) is 3.82. The molecule has 0 bridgehead atoms. The molecule has 5 heteroatoms. The number of carbonyl (C=O) groups is 2. The molecule has 21 heavy (non-hydrogen) atoms. The van der Waals surface area contributed by atoms with Crippen LogP contribution in [-0.4, -0.2) is 36.3 Å². The van der Waals surface area contributed by atoms with Gasteiger partial charge in [0.15, 0.2) is 0 Å². The largest absolute Gasteiger partial charge is 0.354 e.